The van der Waals surface area contributed by atoms with Gasteiger partial charge in [0.2, 0.25) is 5.88 Å². The summed E-state index contributed by atoms with van der Waals surface area (Å²) in [4.78, 5) is 22.7. The number of halogens is 2. The Kier molecular flexibility index (Phi) is 5.56. The van der Waals surface area contributed by atoms with Gasteiger partial charge in [0.15, 0.2) is 0 Å². The molecule has 1 spiro atoms. The highest BCUT2D eigenvalue weighted by atomic mass is 35.5. The summed E-state index contributed by atoms with van der Waals surface area (Å²) in [5.41, 5.74) is 7.07. The summed E-state index contributed by atoms with van der Waals surface area (Å²) in [6, 6.07) is 8.65. The SMILES string of the molecule is CN(C)C(=O)c1c(N)ccc(-c2cnc3c(c2Cl)[C@@]2(CC[C@@H](Oc4ccccn4)C2)CN3)c1F. The van der Waals surface area contributed by atoms with Gasteiger partial charge in [-0.3, -0.25) is 4.79 Å². The van der Waals surface area contributed by atoms with Gasteiger partial charge in [0.05, 0.1) is 10.6 Å². The molecule has 1 aliphatic heterocycles. The molecule has 1 fully saturated rings. The Morgan fingerprint density at radius 2 is 2.09 bits per heavy atom. The van der Waals surface area contributed by atoms with Crippen LogP contribution in [0, 0.1) is 5.82 Å². The van der Waals surface area contributed by atoms with Gasteiger partial charge in [-0.05, 0) is 37.5 Å². The van der Waals surface area contributed by atoms with Gasteiger partial charge in [-0.25, -0.2) is 14.4 Å². The van der Waals surface area contributed by atoms with Gasteiger partial charge >= 0.3 is 0 Å². The normalized spacial score (nSPS) is 20.8. The quantitative estimate of drug-likeness (QED) is 0.532. The van der Waals surface area contributed by atoms with Crippen molar-refractivity contribution in [3.05, 3.63) is 64.7 Å². The topological polar surface area (TPSA) is 93.4 Å². The second kappa shape index (κ2) is 8.43. The number of rotatable bonds is 4. The van der Waals surface area contributed by atoms with Crippen molar-refractivity contribution in [3.63, 3.8) is 0 Å². The van der Waals surface area contributed by atoms with Crippen LogP contribution in [0.4, 0.5) is 15.9 Å². The van der Waals surface area contributed by atoms with Crippen molar-refractivity contribution in [1.82, 2.24) is 14.9 Å². The summed E-state index contributed by atoms with van der Waals surface area (Å²) in [5.74, 6) is 0.0825. The lowest BCUT2D eigenvalue weighted by Gasteiger charge is -2.25. The van der Waals surface area contributed by atoms with Gasteiger partial charge < -0.3 is 20.7 Å². The molecule has 176 valence electrons. The molecule has 9 heteroatoms. The molecule has 1 amide bonds. The first kappa shape index (κ1) is 22.4. The monoisotopic (exact) mass is 481 g/mol. The molecule has 7 nitrogen and oxygen atoms in total. The van der Waals surface area contributed by atoms with E-state index in [1.807, 2.05) is 18.2 Å². The molecule has 0 saturated heterocycles. The van der Waals surface area contributed by atoms with Gasteiger partial charge in [-0.1, -0.05) is 17.7 Å². The van der Waals surface area contributed by atoms with Crippen LogP contribution >= 0.6 is 11.6 Å². The van der Waals surface area contributed by atoms with Crippen molar-refractivity contribution in [3.8, 4) is 17.0 Å². The Morgan fingerprint density at radius 1 is 1.26 bits per heavy atom. The van der Waals surface area contributed by atoms with Crippen LogP contribution in [0.5, 0.6) is 5.88 Å². The van der Waals surface area contributed by atoms with Gasteiger partial charge in [-0.2, -0.15) is 0 Å². The minimum Gasteiger partial charge on any atom is -0.474 e. The second-order valence-electron chi connectivity index (χ2n) is 9.08. The second-order valence-corrected chi connectivity index (χ2v) is 9.46. The maximum atomic E-state index is 15.6. The number of nitrogen functional groups attached to an aromatic ring is 1. The van der Waals surface area contributed by atoms with Crippen LogP contribution in [0.1, 0.15) is 35.2 Å². The van der Waals surface area contributed by atoms with Crippen LogP contribution in [0.3, 0.4) is 0 Å². The van der Waals surface area contributed by atoms with E-state index in [1.165, 1.54) is 11.0 Å². The van der Waals surface area contributed by atoms with Crippen molar-refractivity contribution >= 4 is 29.0 Å². The number of aromatic nitrogens is 2. The zero-order chi connectivity index (χ0) is 24.0. The number of benzene rings is 1. The summed E-state index contributed by atoms with van der Waals surface area (Å²) >= 11 is 6.95. The lowest BCUT2D eigenvalue weighted by molar-refractivity contribution is 0.0824. The first-order chi connectivity index (χ1) is 16.3. The molecule has 0 bridgehead atoms. The lowest BCUT2D eigenvalue weighted by atomic mass is 9.80. The number of nitrogens with zero attached hydrogens (tertiary/aromatic N) is 3. The van der Waals surface area contributed by atoms with E-state index in [0.29, 0.717) is 28.8 Å². The number of pyridine rings is 2. The zero-order valence-electron chi connectivity index (χ0n) is 18.9. The molecule has 2 aromatic heterocycles. The zero-order valence-corrected chi connectivity index (χ0v) is 19.7. The highest BCUT2D eigenvalue weighted by Gasteiger charge is 2.48. The van der Waals surface area contributed by atoms with Crippen LogP contribution in [0.2, 0.25) is 5.02 Å². The fourth-order valence-electron chi connectivity index (χ4n) is 5.03. The van der Waals surface area contributed by atoms with Gasteiger partial charge in [0.1, 0.15) is 17.7 Å². The molecule has 2 aliphatic rings. The number of fused-ring (bicyclic) bond motifs is 2. The number of ether oxygens (including phenoxy) is 1. The Hall–Kier alpha value is -3.39. The van der Waals surface area contributed by atoms with Gasteiger partial charge in [-0.15, -0.1) is 0 Å². The molecule has 5 rings (SSSR count). The van der Waals surface area contributed by atoms with E-state index in [-0.39, 0.29) is 28.3 Å². The number of carbonyl (C=O) groups is 1. The van der Waals surface area contributed by atoms with Crippen molar-refractivity contribution in [1.29, 1.82) is 0 Å². The Bertz CT molecular complexity index is 1270. The minimum absolute atomic E-state index is 0.0139. The predicted molar refractivity (Wildman–Crippen MR) is 130 cm³/mol. The number of nitrogens with one attached hydrogen (secondary N) is 1. The predicted octanol–water partition coefficient (Wildman–Crippen LogP) is 4.51. The van der Waals surface area contributed by atoms with E-state index < -0.39 is 11.7 Å². The molecule has 2 atom stereocenters. The first-order valence-electron chi connectivity index (χ1n) is 11.1. The van der Waals surface area contributed by atoms with Crippen LogP contribution in [0.25, 0.3) is 11.1 Å². The molecule has 3 heterocycles. The van der Waals surface area contributed by atoms with Crippen LogP contribution in [0.15, 0.2) is 42.7 Å². The Balaban J connectivity index is 1.52. The van der Waals surface area contributed by atoms with Crippen molar-refractivity contribution in [2.24, 2.45) is 0 Å². The number of carbonyl (C=O) groups excluding carboxylic acids is 1. The molecule has 1 aliphatic carbocycles. The molecule has 3 aromatic rings. The summed E-state index contributed by atoms with van der Waals surface area (Å²) in [7, 11) is 3.10. The van der Waals surface area contributed by atoms with E-state index >= 15 is 4.39 Å². The molecular formula is C25H25ClFN5O2. The number of amides is 1. The third-order valence-electron chi connectivity index (χ3n) is 6.71. The molecule has 0 radical (unpaired) electrons. The molecule has 0 unspecified atom stereocenters. The third kappa shape index (κ3) is 3.62. The van der Waals surface area contributed by atoms with Gasteiger partial charge in [0, 0.05) is 66.9 Å². The molecule has 3 N–H and O–H groups in total. The Labute approximate surface area is 202 Å². The van der Waals surface area contributed by atoms with Gasteiger partial charge in [0.25, 0.3) is 5.91 Å². The van der Waals surface area contributed by atoms with Crippen LogP contribution < -0.4 is 15.8 Å². The van der Waals surface area contributed by atoms with E-state index in [9.17, 15) is 4.79 Å². The third-order valence-corrected chi connectivity index (χ3v) is 7.11. The molecule has 1 aromatic carbocycles. The summed E-state index contributed by atoms with van der Waals surface area (Å²) < 4.78 is 21.7. The maximum absolute atomic E-state index is 15.6. The van der Waals surface area contributed by atoms with Crippen LogP contribution in [-0.2, 0) is 5.41 Å². The highest BCUT2D eigenvalue weighted by Crippen LogP contribution is 2.52. The number of nitrogens with two attached hydrogens (primary N) is 1. The fourth-order valence-corrected chi connectivity index (χ4v) is 5.47. The number of hydrogen-bond donors (Lipinski definition) is 2. The van der Waals surface area contributed by atoms with E-state index in [4.69, 9.17) is 22.1 Å². The molecule has 34 heavy (non-hydrogen) atoms. The van der Waals surface area contributed by atoms with Crippen molar-refractivity contribution in [2.45, 2.75) is 30.8 Å². The van der Waals surface area contributed by atoms with Crippen LogP contribution in [-0.4, -0.2) is 47.5 Å². The largest absolute Gasteiger partial charge is 0.474 e. The maximum Gasteiger partial charge on any atom is 0.258 e. The van der Waals surface area contributed by atoms with E-state index in [0.717, 1.165) is 24.8 Å². The van der Waals surface area contributed by atoms with E-state index in [1.54, 1.807) is 32.6 Å². The average molecular weight is 482 g/mol. The summed E-state index contributed by atoms with van der Waals surface area (Å²) in [5, 5.41) is 3.79. The highest BCUT2D eigenvalue weighted by molar-refractivity contribution is 6.34. The standard InChI is InChI=1S/C25H25ClFN5O2/c1-32(2)24(33)19-17(28)7-6-15(22(19)27)16-12-30-23-20(21(16)26)25(13-31-23)9-8-14(11-25)34-18-5-3-4-10-29-18/h3-7,10,12,14H,8-9,11,13,28H2,1-2H3,(H,30,31)/t14-,25-/m1/s1. The summed E-state index contributed by atoms with van der Waals surface area (Å²) in [6.45, 7) is 0.676. The number of anilines is 2. The lowest BCUT2D eigenvalue weighted by Crippen LogP contribution is -2.27. The van der Waals surface area contributed by atoms with Crippen molar-refractivity contribution < 1.29 is 13.9 Å². The molecular weight excluding hydrogens is 457 g/mol. The van der Waals surface area contributed by atoms with Crippen molar-refractivity contribution in [2.75, 3.05) is 31.7 Å². The first-order valence-corrected chi connectivity index (χ1v) is 11.5. The molecule has 1 saturated carbocycles. The minimum atomic E-state index is -0.704. The van der Waals surface area contributed by atoms with E-state index in [2.05, 4.69) is 15.3 Å². The summed E-state index contributed by atoms with van der Waals surface area (Å²) in [6.07, 6.45) is 5.67. The Morgan fingerprint density at radius 3 is 2.82 bits per heavy atom. The fraction of sp³-hybridized carbons (Fsp3) is 0.320. The average Bonchev–Trinajstić information content (AvgIpc) is 3.39. The smallest absolute Gasteiger partial charge is 0.258 e. The number of hydrogen-bond acceptors (Lipinski definition) is 6.